The third-order valence-electron chi connectivity index (χ3n) is 3.17. The fourth-order valence-corrected chi connectivity index (χ4v) is 1.97. The minimum absolute atomic E-state index is 0.00704. The standard InChI is InChI=1S/C17H19NO5/c19-16(14-7-8-15(23-14)17(20)21)18-10-4-11-22-12-9-13-5-2-1-3-6-13/h1-3,5-8H,4,9-12H2,(H,18,19)(H,20,21). The summed E-state index contributed by atoms with van der Waals surface area (Å²) >= 11 is 0. The van der Waals surface area contributed by atoms with Crippen molar-refractivity contribution in [3.05, 3.63) is 59.5 Å². The van der Waals surface area contributed by atoms with Gasteiger partial charge in [-0.2, -0.15) is 0 Å². The number of carbonyl (C=O) groups excluding carboxylic acids is 1. The molecular formula is C17H19NO5. The van der Waals surface area contributed by atoms with E-state index in [9.17, 15) is 9.59 Å². The van der Waals surface area contributed by atoms with Crippen molar-refractivity contribution in [3.63, 3.8) is 0 Å². The van der Waals surface area contributed by atoms with Gasteiger partial charge in [0.15, 0.2) is 5.76 Å². The minimum Gasteiger partial charge on any atom is -0.475 e. The maximum atomic E-state index is 11.7. The van der Waals surface area contributed by atoms with Gasteiger partial charge in [-0.15, -0.1) is 0 Å². The van der Waals surface area contributed by atoms with Crippen molar-refractivity contribution in [1.29, 1.82) is 0 Å². The summed E-state index contributed by atoms with van der Waals surface area (Å²) in [5, 5.41) is 11.4. The third-order valence-corrected chi connectivity index (χ3v) is 3.17. The van der Waals surface area contributed by atoms with Crippen LogP contribution in [-0.2, 0) is 11.2 Å². The van der Waals surface area contributed by atoms with Crippen molar-refractivity contribution in [3.8, 4) is 0 Å². The molecule has 6 heteroatoms. The van der Waals surface area contributed by atoms with Crippen molar-refractivity contribution in [2.45, 2.75) is 12.8 Å². The predicted octanol–water partition coefficient (Wildman–Crippen LogP) is 2.36. The molecule has 1 amide bonds. The number of aromatic carboxylic acids is 1. The molecule has 0 saturated heterocycles. The highest BCUT2D eigenvalue weighted by Crippen LogP contribution is 2.07. The number of carboxylic acid groups (broad SMARTS) is 1. The lowest BCUT2D eigenvalue weighted by Gasteiger charge is -2.05. The van der Waals surface area contributed by atoms with Gasteiger partial charge in [0.1, 0.15) is 0 Å². The number of benzene rings is 1. The van der Waals surface area contributed by atoms with E-state index < -0.39 is 11.9 Å². The Morgan fingerprint density at radius 3 is 2.48 bits per heavy atom. The number of carbonyl (C=O) groups is 2. The van der Waals surface area contributed by atoms with Crippen LogP contribution in [0.3, 0.4) is 0 Å². The highest BCUT2D eigenvalue weighted by molar-refractivity contribution is 5.93. The first kappa shape index (κ1) is 16.8. The highest BCUT2D eigenvalue weighted by Gasteiger charge is 2.14. The summed E-state index contributed by atoms with van der Waals surface area (Å²) in [6.45, 7) is 1.62. The smallest absolute Gasteiger partial charge is 0.371 e. The van der Waals surface area contributed by atoms with E-state index in [0.29, 0.717) is 26.2 Å². The molecule has 0 spiro atoms. The summed E-state index contributed by atoms with van der Waals surface area (Å²) < 4.78 is 10.4. The largest absolute Gasteiger partial charge is 0.475 e. The summed E-state index contributed by atoms with van der Waals surface area (Å²) in [7, 11) is 0. The van der Waals surface area contributed by atoms with Gasteiger partial charge >= 0.3 is 5.97 Å². The van der Waals surface area contributed by atoms with Gasteiger partial charge in [0.05, 0.1) is 6.61 Å². The van der Waals surface area contributed by atoms with Gasteiger partial charge in [-0.05, 0) is 30.5 Å². The summed E-state index contributed by atoms with van der Waals surface area (Å²) in [5.74, 6) is -1.88. The molecule has 0 radical (unpaired) electrons. The summed E-state index contributed by atoms with van der Waals surface area (Å²) in [6.07, 6.45) is 1.53. The van der Waals surface area contributed by atoms with Crippen LogP contribution in [0.2, 0.25) is 0 Å². The van der Waals surface area contributed by atoms with Crippen molar-refractivity contribution >= 4 is 11.9 Å². The number of amides is 1. The Hall–Kier alpha value is -2.60. The molecule has 0 aliphatic rings. The Bertz CT molecular complexity index is 635. The zero-order valence-corrected chi connectivity index (χ0v) is 12.7. The molecule has 1 aromatic heterocycles. The number of nitrogens with one attached hydrogen (secondary N) is 1. The summed E-state index contributed by atoms with van der Waals surface area (Å²) in [4.78, 5) is 22.4. The average molecular weight is 317 g/mol. The first-order valence-corrected chi connectivity index (χ1v) is 7.40. The van der Waals surface area contributed by atoms with Gasteiger partial charge in [0.2, 0.25) is 5.76 Å². The maximum absolute atomic E-state index is 11.7. The van der Waals surface area contributed by atoms with Crippen LogP contribution in [0.25, 0.3) is 0 Å². The number of carboxylic acids is 1. The monoisotopic (exact) mass is 317 g/mol. The lowest BCUT2D eigenvalue weighted by atomic mass is 10.2. The molecule has 1 heterocycles. The van der Waals surface area contributed by atoms with E-state index in [1.54, 1.807) is 0 Å². The molecule has 0 saturated carbocycles. The number of rotatable bonds is 9. The van der Waals surface area contributed by atoms with Crippen LogP contribution in [-0.4, -0.2) is 36.7 Å². The lowest BCUT2D eigenvalue weighted by molar-refractivity contribution is 0.0659. The highest BCUT2D eigenvalue weighted by atomic mass is 16.5. The van der Waals surface area contributed by atoms with Gasteiger partial charge in [-0.1, -0.05) is 30.3 Å². The van der Waals surface area contributed by atoms with Gasteiger partial charge in [0.25, 0.3) is 5.91 Å². The first-order valence-electron chi connectivity index (χ1n) is 7.40. The molecule has 6 nitrogen and oxygen atoms in total. The van der Waals surface area contributed by atoms with E-state index in [0.717, 1.165) is 6.42 Å². The number of hydrogen-bond acceptors (Lipinski definition) is 4. The summed E-state index contributed by atoms with van der Waals surface area (Å²) in [6, 6.07) is 12.7. The second-order valence-corrected chi connectivity index (χ2v) is 4.93. The fraction of sp³-hybridized carbons (Fsp3) is 0.294. The Balaban J connectivity index is 1.56. The van der Waals surface area contributed by atoms with Crippen LogP contribution in [0, 0.1) is 0 Å². The van der Waals surface area contributed by atoms with Crippen LogP contribution in [0.5, 0.6) is 0 Å². The Morgan fingerprint density at radius 2 is 1.78 bits per heavy atom. The molecule has 2 aromatic rings. The molecule has 23 heavy (non-hydrogen) atoms. The Kier molecular flexibility index (Phi) is 6.38. The van der Waals surface area contributed by atoms with E-state index >= 15 is 0 Å². The normalized spacial score (nSPS) is 10.4. The predicted molar refractivity (Wildman–Crippen MR) is 83.6 cm³/mol. The quantitative estimate of drug-likeness (QED) is 0.693. The Morgan fingerprint density at radius 1 is 1.04 bits per heavy atom. The Labute approximate surface area is 134 Å². The first-order chi connectivity index (χ1) is 11.2. The zero-order chi connectivity index (χ0) is 16.5. The molecule has 122 valence electrons. The fourth-order valence-electron chi connectivity index (χ4n) is 1.97. The molecule has 1 aromatic carbocycles. The van der Waals surface area contributed by atoms with E-state index in [4.69, 9.17) is 14.3 Å². The van der Waals surface area contributed by atoms with Crippen LogP contribution >= 0.6 is 0 Å². The van der Waals surface area contributed by atoms with Crippen LogP contribution < -0.4 is 5.32 Å². The molecular weight excluding hydrogens is 298 g/mol. The molecule has 0 unspecified atom stereocenters. The molecule has 0 aliphatic carbocycles. The van der Waals surface area contributed by atoms with E-state index in [2.05, 4.69) is 17.4 Å². The lowest BCUT2D eigenvalue weighted by Crippen LogP contribution is -2.25. The van der Waals surface area contributed by atoms with Gasteiger partial charge in [0, 0.05) is 13.2 Å². The second kappa shape index (κ2) is 8.75. The van der Waals surface area contributed by atoms with Gasteiger partial charge in [-0.3, -0.25) is 4.79 Å². The van der Waals surface area contributed by atoms with Gasteiger partial charge < -0.3 is 19.6 Å². The zero-order valence-electron chi connectivity index (χ0n) is 12.7. The van der Waals surface area contributed by atoms with Crippen LogP contribution in [0.4, 0.5) is 0 Å². The molecule has 0 atom stereocenters. The number of ether oxygens (including phenoxy) is 1. The molecule has 0 fully saturated rings. The molecule has 0 aliphatic heterocycles. The molecule has 2 N–H and O–H groups in total. The number of hydrogen-bond donors (Lipinski definition) is 2. The third kappa shape index (κ3) is 5.60. The SMILES string of the molecule is O=C(O)c1ccc(C(=O)NCCCOCCc2ccccc2)o1. The average Bonchev–Trinajstić information content (AvgIpc) is 3.05. The van der Waals surface area contributed by atoms with Gasteiger partial charge in [-0.25, -0.2) is 4.79 Å². The molecule has 0 bridgehead atoms. The van der Waals surface area contributed by atoms with Crippen molar-refractivity contribution in [2.24, 2.45) is 0 Å². The van der Waals surface area contributed by atoms with E-state index in [1.807, 2.05) is 18.2 Å². The van der Waals surface area contributed by atoms with Crippen LogP contribution in [0.15, 0.2) is 46.9 Å². The van der Waals surface area contributed by atoms with E-state index in [1.165, 1.54) is 17.7 Å². The van der Waals surface area contributed by atoms with Crippen molar-refractivity contribution in [2.75, 3.05) is 19.8 Å². The van der Waals surface area contributed by atoms with E-state index in [-0.39, 0.29) is 11.5 Å². The maximum Gasteiger partial charge on any atom is 0.371 e. The topological polar surface area (TPSA) is 88.8 Å². The summed E-state index contributed by atoms with van der Waals surface area (Å²) in [5.41, 5.74) is 1.23. The minimum atomic E-state index is -1.20. The molecule has 2 rings (SSSR count). The number of furan rings is 1. The van der Waals surface area contributed by atoms with Crippen molar-refractivity contribution < 1.29 is 23.8 Å². The van der Waals surface area contributed by atoms with Crippen LogP contribution in [0.1, 0.15) is 33.1 Å². The van der Waals surface area contributed by atoms with Crippen molar-refractivity contribution in [1.82, 2.24) is 5.32 Å². The second-order valence-electron chi connectivity index (χ2n) is 4.93.